The van der Waals surface area contributed by atoms with Gasteiger partial charge in [-0.15, -0.1) is 0 Å². The first-order chi connectivity index (χ1) is 24.2. The fraction of sp³-hybridized carbons (Fsp3) is 0.270. The topological polar surface area (TPSA) is 127 Å². The number of benzene rings is 2. The Balaban J connectivity index is 1.44. The number of carbonyl (C=O) groups is 1. The van der Waals surface area contributed by atoms with E-state index in [0.29, 0.717) is 72.0 Å². The van der Waals surface area contributed by atoms with E-state index in [4.69, 9.17) is 19.2 Å². The molecule has 6 rings (SSSR count). The van der Waals surface area contributed by atoms with Crippen molar-refractivity contribution in [2.45, 2.75) is 13.5 Å². The van der Waals surface area contributed by atoms with Crippen LogP contribution in [0.5, 0.6) is 17.4 Å². The summed E-state index contributed by atoms with van der Waals surface area (Å²) in [6, 6.07) is 16.7. The van der Waals surface area contributed by atoms with Gasteiger partial charge in [-0.1, -0.05) is 18.7 Å². The number of anilines is 4. The molecule has 2 aromatic carbocycles. The molecule has 0 fully saturated rings. The van der Waals surface area contributed by atoms with Crippen LogP contribution in [0.2, 0.25) is 0 Å². The minimum Gasteiger partial charge on any atom is -0.497 e. The van der Waals surface area contributed by atoms with Crippen LogP contribution in [-0.4, -0.2) is 84.9 Å². The molecule has 0 atom stereocenters. The second-order valence-electron chi connectivity index (χ2n) is 12.0. The molecule has 0 unspecified atom stereocenters. The number of amides is 1. The van der Waals surface area contributed by atoms with E-state index in [0.717, 1.165) is 29.0 Å². The van der Waals surface area contributed by atoms with E-state index >= 15 is 0 Å². The second kappa shape index (κ2) is 14.7. The summed E-state index contributed by atoms with van der Waals surface area (Å²) in [4.78, 5) is 47.1. The van der Waals surface area contributed by atoms with Gasteiger partial charge >= 0.3 is 0 Å². The molecule has 4 heterocycles. The Labute approximate surface area is 290 Å². The summed E-state index contributed by atoms with van der Waals surface area (Å²) in [6.07, 6.45) is 4.60. The summed E-state index contributed by atoms with van der Waals surface area (Å²) < 4.78 is 18.2. The van der Waals surface area contributed by atoms with E-state index in [9.17, 15) is 9.59 Å². The highest BCUT2D eigenvalue weighted by Crippen LogP contribution is 2.40. The lowest BCUT2D eigenvalue weighted by atomic mass is 10.1. The summed E-state index contributed by atoms with van der Waals surface area (Å²) in [6.45, 7) is 7.96. The van der Waals surface area contributed by atoms with E-state index in [2.05, 4.69) is 21.9 Å². The quantitative estimate of drug-likeness (QED) is 0.184. The third kappa shape index (κ3) is 6.80. The first-order valence-corrected chi connectivity index (χ1v) is 16.1. The summed E-state index contributed by atoms with van der Waals surface area (Å²) >= 11 is 0. The third-order valence-electron chi connectivity index (χ3n) is 8.48. The van der Waals surface area contributed by atoms with Gasteiger partial charge in [-0.2, -0.15) is 4.98 Å². The van der Waals surface area contributed by atoms with Crippen molar-refractivity contribution >= 4 is 40.0 Å². The summed E-state index contributed by atoms with van der Waals surface area (Å²) in [5, 5.41) is 3.91. The normalized spacial score (nSPS) is 12.5. The number of fused-ring (bicyclic) bond motifs is 2. The lowest BCUT2D eigenvalue weighted by molar-refractivity contribution is -0.114. The monoisotopic (exact) mass is 676 g/mol. The number of para-hydroxylation sites is 1. The number of pyridine rings is 2. The maximum Gasteiger partial charge on any atom is 0.280 e. The van der Waals surface area contributed by atoms with Crippen molar-refractivity contribution in [3.8, 4) is 23.1 Å². The molecule has 3 aromatic heterocycles. The number of aryl methyl sites for hydroxylation is 1. The van der Waals surface area contributed by atoms with Gasteiger partial charge in [-0.25, -0.2) is 9.97 Å². The predicted molar refractivity (Wildman–Crippen MR) is 195 cm³/mol. The third-order valence-corrected chi connectivity index (χ3v) is 8.48. The number of nitrogens with one attached hydrogen (secondary N) is 1. The van der Waals surface area contributed by atoms with Crippen LogP contribution < -0.4 is 34.9 Å². The zero-order valence-electron chi connectivity index (χ0n) is 28.8. The zero-order valence-corrected chi connectivity index (χ0v) is 28.8. The molecule has 1 aliphatic heterocycles. The summed E-state index contributed by atoms with van der Waals surface area (Å²) in [5.41, 5.74) is 4.27. The first kappa shape index (κ1) is 33.9. The molecule has 1 aliphatic rings. The van der Waals surface area contributed by atoms with Gasteiger partial charge < -0.3 is 34.2 Å². The van der Waals surface area contributed by atoms with Gasteiger partial charge in [0.1, 0.15) is 23.8 Å². The highest BCUT2D eigenvalue weighted by Gasteiger charge is 2.30. The lowest BCUT2D eigenvalue weighted by Gasteiger charge is -2.38. The molecule has 0 aliphatic carbocycles. The number of hydrogen-bond donors (Lipinski definition) is 1. The van der Waals surface area contributed by atoms with Crippen LogP contribution >= 0.6 is 0 Å². The lowest BCUT2D eigenvalue weighted by Crippen LogP contribution is -2.43. The van der Waals surface area contributed by atoms with E-state index < -0.39 is 0 Å². The minimum absolute atomic E-state index is 0.198. The van der Waals surface area contributed by atoms with Gasteiger partial charge in [-0.3, -0.25) is 14.2 Å². The van der Waals surface area contributed by atoms with Crippen LogP contribution in [0.1, 0.15) is 11.1 Å². The maximum atomic E-state index is 14.7. The van der Waals surface area contributed by atoms with E-state index in [1.165, 1.54) is 6.08 Å². The number of aromatic nitrogens is 4. The maximum absolute atomic E-state index is 14.7. The standard InChI is InChI=1S/C37H40N8O5/c1-7-33(46)44-16-15-43(29-10-8-9-24(2)34(29)44)30-19-26-22-40-37(39-21-25-11-13-28(48-5)20-31(25)49-6)41-35(26)45(36(30)47)27-12-14-32(38-23-27)50-18-17-42(3)4/h7-14,19-20,22-23H,1,15-18,21H2,2-6H3,(H,39,40,41). The van der Waals surface area contributed by atoms with E-state index in [1.54, 1.807) is 54.3 Å². The molecule has 0 saturated heterocycles. The molecule has 0 spiro atoms. The van der Waals surface area contributed by atoms with Crippen molar-refractivity contribution in [3.05, 3.63) is 101 Å². The molecule has 13 heteroatoms. The molecule has 0 bridgehead atoms. The molecule has 1 amide bonds. The predicted octanol–water partition coefficient (Wildman–Crippen LogP) is 4.72. The van der Waals surface area contributed by atoms with Gasteiger partial charge in [0.15, 0.2) is 5.65 Å². The Kier molecular flexibility index (Phi) is 9.95. The molecule has 1 N–H and O–H groups in total. The number of carbonyl (C=O) groups excluding carboxylic acids is 1. The fourth-order valence-electron chi connectivity index (χ4n) is 5.92. The van der Waals surface area contributed by atoms with Gasteiger partial charge in [-0.05, 0) is 63.0 Å². The number of ether oxygens (including phenoxy) is 3. The molecule has 258 valence electrons. The Hall–Kier alpha value is -5.95. The van der Waals surface area contributed by atoms with Gasteiger partial charge in [0.05, 0.1) is 37.5 Å². The van der Waals surface area contributed by atoms with Crippen molar-refractivity contribution < 1.29 is 19.0 Å². The number of nitrogens with zero attached hydrogens (tertiary/aromatic N) is 7. The molecule has 0 saturated carbocycles. The molecular weight excluding hydrogens is 636 g/mol. The van der Waals surface area contributed by atoms with Gasteiger partial charge in [0.2, 0.25) is 11.8 Å². The number of hydrogen-bond acceptors (Lipinski definition) is 11. The average molecular weight is 677 g/mol. The van der Waals surface area contributed by atoms with Crippen molar-refractivity contribution in [1.82, 2.24) is 24.4 Å². The van der Waals surface area contributed by atoms with Crippen LogP contribution in [-0.2, 0) is 11.3 Å². The summed E-state index contributed by atoms with van der Waals surface area (Å²) in [7, 11) is 7.15. The Morgan fingerprint density at radius 1 is 1.02 bits per heavy atom. The van der Waals surface area contributed by atoms with Crippen molar-refractivity contribution in [1.29, 1.82) is 0 Å². The van der Waals surface area contributed by atoms with E-state index in [1.807, 2.05) is 67.2 Å². The van der Waals surface area contributed by atoms with Gasteiger partial charge in [0, 0.05) is 55.5 Å². The number of rotatable bonds is 12. The molecule has 13 nitrogen and oxygen atoms in total. The van der Waals surface area contributed by atoms with Crippen LogP contribution in [0.15, 0.2) is 84.4 Å². The van der Waals surface area contributed by atoms with Crippen molar-refractivity contribution in [3.63, 3.8) is 0 Å². The van der Waals surface area contributed by atoms with Crippen LogP contribution in [0, 0.1) is 6.92 Å². The number of likely N-dealkylation sites (N-methyl/N-ethyl adjacent to an activating group) is 1. The second-order valence-corrected chi connectivity index (χ2v) is 12.0. The first-order valence-electron chi connectivity index (χ1n) is 16.1. The SMILES string of the molecule is C=CC(=O)N1CCN(c2cc3cnc(NCc4ccc(OC)cc4OC)nc3n(-c3ccc(OCCN(C)C)nc3)c2=O)c2cccc(C)c21. The largest absolute Gasteiger partial charge is 0.497 e. The fourth-order valence-corrected chi connectivity index (χ4v) is 5.92. The average Bonchev–Trinajstić information content (AvgIpc) is 3.13. The smallest absolute Gasteiger partial charge is 0.280 e. The van der Waals surface area contributed by atoms with Gasteiger partial charge in [0.25, 0.3) is 11.5 Å². The highest BCUT2D eigenvalue weighted by atomic mass is 16.5. The van der Waals surface area contributed by atoms with Crippen molar-refractivity contribution in [2.75, 3.05) is 69.7 Å². The van der Waals surface area contributed by atoms with Crippen LogP contribution in [0.4, 0.5) is 23.0 Å². The Morgan fingerprint density at radius 2 is 1.86 bits per heavy atom. The summed E-state index contributed by atoms with van der Waals surface area (Å²) in [5.74, 6) is 1.91. The molecular formula is C37H40N8O5. The molecule has 50 heavy (non-hydrogen) atoms. The Bertz CT molecular complexity index is 2100. The zero-order chi connectivity index (χ0) is 35.4. The van der Waals surface area contributed by atoms with Crippen molar-refractivity contribution in [2.24, 2.45) is 0 Å². The Morgan fingerprint density at radius 3 is 2.58 bits per heavy atom. The highest BCUT2D eigenvalue weighted by molar-refractivity contribution is 6.05. The minimum atomic E-state index is -0.307. The number of methoxy groups -OCH3 is 2. The van der Waals surface area contributed by atoms with Crippen LogP contribution in [0.3, 0.4) is 0 Å². The molecule has 0 radical (unpaired) electrons. The van der Waals surface area contributed by atoms with Crippen LogP contribution in [0.25, 0.3) is 16.7 Å². The van der Waals surface area contributed by atoms with E-state index in [-0.39, 0.29) is 11.5 Å². The molecule has 5 aromatic rings.